The molecule has 0 amide bonds. The van der Waals surface area contributed by atoms with Gasteiger partial charge in [-0.2, -0.15) is 0 Å². The third-order valence-corrected chi connectivity index (χ3v) is 6.02. The summed E-state index contributed by atoms with van der Waals surface area (Å²) in [6.07, 6.45) is 0.567. The highest BCUT2D eigenvalue weighted by Gasteiger charge is 2.37. The number of carboxylic acids is 1. The Kier molecular flexibility index (Phi) is 3.69. The lowest BCUT2D eigenvalue weighted by atomic mass is 10.0. The number of sulfonamides is 1. The zero-order valence-electron chi connectivity index (χ0n) is 10.6. The molecule has 1 aromatic rings. The maximum atomic E-state index is 12.4. The molecule has 1 aliphatic heterocycles. The highest BCUT2D eigenvalue weighted by atomic mass is 32.2. The van der Waals surface area contributed by atoms with Crippen molar-refractivity contribution < 1.29 is 23.1 Å². The van der Waals surface area contributed by atoms with Gasteiger partial charge < -0.3 is 9.84 Å². The summed E-state index contributed by atoms with van der Waals surface area (Å²) in [5.74, 6) is -1.23. The maximum absolute atomic E-state index is 12.4. The minimum absolute atomic E-state index is 0.141. The van der Waals surface area contributed by atoms with E-state index in [-0.39, 0.29) is 16.4 Å². The van der Waals surface area contributed by atoms with E-state index in [9.17, 15) is 13.2 Å². The molecule has 1 unspecified atom stereocenters. The average Bonchev–Trinajstić information content (AvgIpc) is 2.84. The van der Waals surface area contributed by atoms with E-state index in [0.717, 1.165) is 11.3 Å². The van der Waals surface area contributed by atoms with E-state index in [1.165, 1.54) is 5.38 Å². The summed E-state index contributed by atoms with van der Waals surface area (Å²) in [5.41, 5.74) is -0.236. The van der Waals surface area contributed by atoms with Gasteiger partial charge >= 0.3 is 5.97 Å². The molecule has 2 heterocycles. The van der Waals surface area contributed by atoms with Crippen LogP contribution in [0.25, 0.3) is 0 Å². The van der Waals surface area contributed by atoms with Crippen molar-refractivity contribution >= 4 is 27.3 Å². The van der Waals surface area contributed by atoms with Crippen molar-refractivity contribution in [1.29, 1.82) is 0 Å². The minimum atomic E-state index is -3.87. The Bertz CT molecular complexity index is 599. The smallest absolute Gasteiger partial charge is 0.347 e. The number of hydrogen-bond acceptors (Lipinski definition) is 5. The van der Waals surface area contributed by atoms with Crippen molar-refractivity contribution in [1.82, 2.24) is 4.72 Å². The minimum Gasteiger partial charge on any atom is -0.477 e. The third-order valence-electron chi connectivity index (χ3n) is 2.98. The molecule has 2 rings (SSSR count). The van der Waals surface area contributed by atoms with E-state index < -0.39 is 21.5 Å². The van der Waals surface area contributed by atoms with Crippen molar-refractivity contribution in [2.75, 3.05) is 13.2 Å². The van der Waals surface area contributed by atoms with Gasteiger partial charge in [-0.3, -0.25) is 0 Å². The second-order valence-corrected chi connectivity index (χ2v) is 7.35. The molecule has 0 saturated carbocycles. The van der Waals surface area contributed by atoms with Crippen LogP contribution in [0.4, 0.5) is 0 Å². The number of carbonyl (C=O) groups is 1. The fourth-order valence-electron chi connectivity index (χ4n) is 2.04. The molecular weight excluding hydrogens is 290 g/mol. The lowest BCUT2D eigenvalue weighted by Gasteiger charge is -2.23. The van der Waals surface area contributed by atoms with E-state index in [2.05, 4.69) is 4.72 Å². The van der Waals surface area contributed by atoms with Crippen LogP contribution < -0.4 is 4.72 Å². The van der Waals surface area contributed by atoms with Crippen LogP contribution in [0.15, 0.2) is 10.3 Å². The second kappa shape index (κ2) is 4.86. The highest BCUT2D eigenvalue weighted by Crippen LogP contribution is 2.29. The number of thiophene rings is 1. The predicted octanol–water partition coefficient (Wildman–Crippen LogP) is 1.21. The van der Waals surface area contributed by atoms with Gasteiger partial charge in [0.05, 0.1) is 12.1 Å². The SMILES string of the molecule is Cc1csc(C(=O)O)c1S(=O)(=O)NC1(C)CCOC1. The summed E-state index contributed by atoms with van der Waals surface area (Å²) in [7, 11) is -3.87. The molecule has 2 N–H and O–H groups in total. The summed E-state index contributed by atoms with van der Waals surface area (Å²) < 4.78 is 32.5. The van der Waals surface area contributed by atoms with Crippen LogP contribution in [0.2, 0.25) is 0 Å². The number of aryl methyl sites for hydroxylation is 1. The molecule has 1 fully saturated rings. The van der Waals surface area contributed by atoms with Crippen molar-refractivity contribution in [3.8, 4) is 0 Å². The lowest BCUT2D eigenvalue weighted by Crippen LogP contribution is -2.46. The van der Waals surface area contributed by atoms with Crippen molar-refractivity contribution in [3.05, 3.63) is 15.8 Å². The van der Waals surface area contributed by atoms with E-state index in [4.69, 9.17) is 9.84 Å². The molecule has 8 heteroatoms. The summed E-state index contributed by atoms with van der Waals surface area (Å²) >= 11 is 0.918. The summed E-state index contributed by atoms with van der Waals surface area (Å²) in [5, 5.41) is 10.6. The molecule has 1 saturated heterocycles. The first-order valence-electron chi connectivity index (χ1n) is 5.68. The Morgan fingerprint density at radius 2 is 2.26 bits per heavy atom. The number of nitrogens with one attached hydrogen (secondary N) is 1. The van der Waals surface area contributed by atoms with Crippen LogP contribution in [-0.2, 0) is 14.8 Å². The monoisotopic (exact) mass is 305 g/mol. The Morgan fingerprint density at radius 1 is 1.58 bits per heavy atom. The lowest BCUT2D eigenvalue weighted by molar-refractivity contribution is 0.0698. The Labute approximate surface area is 115 Å². The molecule has 0 radical (unpaired) electrons. The number of ether oxygens (including phenoxy) is 1. The maximum Gasteiger partial charge on any atom is 0.347 e. The van der Waals surface area contributed by atoms with E-state index >= 15 is 0 Å². The molecule has 6 nitrogen and oxygen atoms in total. The summed E-state index contributed by atoms with van der Waals surface area (Å²) in [6, 6.07) is 0. The standard InChI is InChI=1S/C11H15NO5S2/c1-7-5-18-8(10(13)14)9(7)19(15,16)12-11(2)3-4-17-6-11/h5,12H,3-4,6H2,1-2H3,(H,13,14). The van der Waals surface area contributed by atoms with Gasteiger partial charge in [0.25, 0.3) is 0 Å². The van der Waals surface area contributed by atoms with Gasteiger partial charge in [-0.1, -0.05) is 0 Å². The fraction of sp³-hybridized carbons (Fsp3) is 0.545. The first kappa shape index (κ1) is 14.4. The number of aromatic carboxylic acids is 1. The van der Waals surface area contributed by atoms with Gasteiger partial charge in [0.15, 0.2) is 0 Å². The predicted molar refractivity (Wildman–Crippen MR) is 70.2 cm³/mol. The van der Waals surface area contributed by atoms with Crippen LogP contribution >= 0.6 is 11.3 Å². The molecular formula is C11H15NO5S2. The number of hydrogen-bond donors (Lipinski definition) is 2. The Balaban J connectivity index is 2.40. The van der Waals surface area contributed by atoms with Crippen LogP contribution in [0, 0.1) is 6.92 Å². The largest absolute Gasteiger partial charge is 0.477 e. The average molecular weight is 305 g/mol. The van der Waals surface area contributed by atoms with Gasteiger partial charge in [0.2, 0.25) is 10.0 Å². The Morgan fingerprint density at radius 3 is 2.79 bits per heavy atom. The summed E-state index contributed by atoms with van der Waals surface area (Å²) in [6.45, 7) is 4.12. The van der Waals surface area contributed by atoms with Gasteiger partial charge in [0.1, 0.15) is 9.77 Å². The fourth-order valence-corrected chi connectivity index (χ4v) is 5.09. The molecule has 1 aromatic heterocycles. The van der Waals surface area contributed by atoms with E-state index in [1.54, 1.807) is 13.8 Å². The first-order chi connectivity index (χ1) is 8.75. The molecule has 0 spiro atoms. The van der Waals surface area contributed by atoms with Crippen molar-refractivity contribution in [3.63, 3.8) is 0 Å². The second-order valence-electron chi connectivity index (χ2n) is 4.85. The molecule has 19 heavy (non-hydrogen) atoms. The van der Waals surface area contributed by atoms with E-state index in [0.29, 0.717) is 18.6 Å². The molecule has 1 aliphatic rings. The zero-order chi connectivity index (χ0) is 14.3. The zero-order valence-corrected chi connectivity index (χ0v) is 12.2. The first-order valence-corrected chi connectivity index (χ1v) is 8.05. The van der Waals surface area contributed by atoms with Crippen molar-refractivity contribution in [2.45, 2.75) is 30.7 Å². The topological polar surface area (TPSA) is 92.7 Å². The van der Waals surface area contributed by atoms with Crippen LogP contribution in [0.3, 0.4) is 0 Å². The van der Waals surface area contributed by atoms with Crippen LogP contribution in [-0.4, -0.2) is 38.2 Å². The number of rotatable bonds is 4. The molecule has 0 bridgehead atoms. The van der Waals surface area contributed by atoms with Crippen LogP contribution in [0.5, 0.6) is 0 Å². The highest BCUT2D eigenvalue weighted by molar-refractivity contribution is 7.89. The van der Waals surface area contributed by atoms with Crippen molar-refractivity contribution in [2.24, 2.45) is 0 Å². The quantitative estimate of drug-likeness (QED) is 0.872. The third kappa shape index (κ3) is 2.81. The molecule has 106 valence electrons. The number of carboxylic acid groups (broad SMARTS) is 1. The molecule has 1 atom stereocenters. The normalized spacial score (nSPS) is 23.7. The molecule has 0 aliphatic carbocycles. The Hall–Kier alpha value is -0.960. The summed E-state index contributed by atoms with van der Waals surface area (Å²) in [4.78, 5) is 10.8. The van der Waals surface area contributed by atoms with Gasteiger partial charge in [-0.05, 0) is 31.2 Å². The molecule has 0 aromatic carbocycles. The van der Waals surface area contributed by atoms with Gasteiger partial charge in [0, 0.05) is 6.61 Å². The van der Waals surface area contributed by atoms with Gasteiger partial charge in [-0.25, -0.2) is 17.9 Å². The van der Waals surface area contributed by atoms with Crippen LogP contribution in [0.1, 0.15) is 28.6 Å². The van der Waals surface area contributed by atoms with E-state index in [1.807, 2.05) is 0 Å². The van der Waals surface area contributed by atoms with Gasteiger partial charge in [-0.15, -0.1) is 11.3 Å².